The predicted octanol–water partition coefficient (Wildman–Crippen LogP) is -0.570. The van der Waals surface area contributed by atoms with Gasteiger partial charge in [0, 0.05) is 22.8 Å². The Hall–Kier alpha value is 0.583. The summed E-state index contributed by atoms with van der Waals surface area (Å²) in [5.74, 6) is -0.228. The summed E-state index contributed by atoms with van der Waals surface area (Å²) < 4.78 is 71.5. The fraction of sp³-hybridized carbons (Fsp3) is 0.292. The van der Waals surface area contributed by atoms with Crippen LogP contribution in [0.25, 0.3) is 10.8 Å². The Kier molecular flexibility index (Phi) is 15.4. The summed E-state index contributed by atoms with van der Waals surface area (Å²) in [7, 11) is -6.63. The normalized spacial score (nSPS) is 15.4. The molecule has 1 heterocycles. The Bertz CT molecular complexity index is 1630. The molecule has 3 aromatic rings. The smallest absolute Gasteiger partial charge is 0.744 e. The topological polar surface area (TPSA) is 188 Å². The number of amides is 1. The Balaban J connectivity index is 0.00000294. The van der Waals surface area contributed by atoms with Crippen LogP contribution < -0.4 is 108 Å². The third-order valence-electron chi connectivity index (χ3n) is 5.88. The number of hydrogen-bond acceptors (Lipinski definition) is 12. The fourth-order valence-electron chi connectivity index (χ4n) is 4.03. The van der Waals surface area contributed by atoms with Crippen LogP contribution in [0.1, 0.15) is 32.1 Å². The second-order valence-corrected chi connectivity index (χ2v) is 14.2. The number of nitrogens with zero attached hydrogens (tertiary/aromatic N) is 2. The minimum atomic E-state index is -5.24. The molecule has 1 atom stereocenters. The van der Waals surface area contributed by atoms with Crippen LogP contribution in [0.4, 0.5) is 17.1 Å². The third kappa shape index (κ3) is 10.6. The first-order valence-corrected chi connectivity index (χ1v) is 16.9. The van der Waals surface area contributed by atoms with E-state index in [9.17, 15) is 35.8 Å². The maximum atomic E-state index is 12.7. The molecule has 0 aliphatic carbocycles. The number of azo groups is 1. The van der Waals surface area contributed by atoms with Gasteiger partial charge in [-0.25, -0.2) is 16.8 Å². The van der Waals surface area contributed by atoms with E-state index in [-0.39, 0.29) is 126 Å². The molecule has 1 fully saturated rings. The SMILES string of the molecule is O=C(CCCCC1CCSS1)Nc1cc(S(=O)(=O)[O-])cc2cc(S(=O)(=O)[O-])c(N=Nc3ccccc3)c(O)c12.[K+].[K+]. The zero-order chi connectivity index (χ0) is 28.2. The summed E-state index contributed by atoms with van der Waals surface area (Å²) in [6.45, 7) is 0. The van der Waals surface area contributed by atoms with Gasteiger partial charge in [-0.15, -0.1) is 5.11 Å². The van der Waals surface area contributed by atoms with Crippen molar-refractivity contribution < 1.29 is 139 Å². The van der Waals surface area contributed by atoms with Crippen molar-refractivity contribution in [1.82, 2.24) is 0 Å². The number of carbonyl (C=O) groups is 1. The zero-order valence-electron chi connectivity index (χ0n) is 22.3. The molecule has 0 radical (unpaired) electrons. The van der Waals surface area contributed by atoms with Crippen LogP contribution >= 0.6 is 21.6 Å². The summed E-state index contributed by atoms with van der Waals surface area (Å²) in [6, 6.07) is 10.6. The Morgan fingerprint density at radius 2 is 1.71 bits per heavy atom. The molecule has 41 heavy (non-hydrogen) atoms. The quantitative estimate of drug-likeness (QED) is 0.0919. The second-order valence-electron chi connectivity index (χ2n) is 8.71. The summed E-state index contributed by atoms with van der Waals surface area (Å²) in [5.41, 5.74) is -0.651. The molecule has 1 amide bonds. The summed E-state index contributed by atoms with van der Waals surface area (Å²) in [5, 5.41) is 21.3. The number of nitrogens with one attached hydrogen (secondary N) is 1. The Labute approximate surface area is 331 Å². The molecular formula is C24H23K2N3O8S4. The fourth-order valence-corrected chi connectivity index (χ4v) is 8.23. The van der Waals surface area contributed by atoms with Crippen molar-refractivity contribution in [2.45, 2.75) is 47.1 Å². The van der Waals surface area contributed by atoms with Gasteiger partial charge < -0.3 is 19.5 Å². The van der Waals surface area contributed by atoms with Gasteiger partial charge in [-0.1, -0.05) is 46.2 Å². The van der Waals surface area contributed by atoms with Gasteiger partial charge in [0.1, 0.15) is 25.9 Å². The van der Waals surface area contributed by atoms with E-state index in [0.29, 0.717) is 17.4 Å². The Morgan fingerprint density at radius 1 is 1.00 bits per heavy atom. The number of phenols is 1. The minimum absolute atomic E-state index is 0. The van der Waals surface area contributed by atoms with E-state index in [1.807, 2.05) is 21.6 Å². The summed E-state index contributed by atoms with van der Waals surface area (Å²) in [4.78, 5) is 11.0. The van der Waals surface area contributed by atoms with E-state index in [4.69, 9.17) is 0 Å². The van der Waals surface area contributed by atoms with Crippen molar-refractivity contribution in [3.8, 4) is 5.75 Å². The molecule has 0 aromatic heterocycles. The van der Waals surface area contributed by atoms with Gasteiger partial charge >= 0.3 is 103 Å². The van der Waals surface area contributed by atoms with Gasteiger partial charge in [-0.3, -0.25) is 4.79 Å². The van der Waals surface area contributed by atoms with Gasteiger partial charge in [0.25, 0.3) is 0 Å². The minimum Gasteiger partial charge on any atom is -0.744 e. The molecular weight excluding hydrogens is 665 g/mol. The molecule has 3 aromatic carbocycles. The van der Waals surface area contributed by atoms with Gasteiger partial charge in [0.2, 0.25) is 5.91 Å². The van der Waals surface area contributed by atoms with Crippen molar-refractivity contribution in [3.63, 3.8) is 0 Å². The second kappa shape index (κ2) is 16.8. The number of benzene rings is 3. The number of unbranched alkanes of at least 4 members (excludes halogenated alkanes) is 1. The molecule has 2 N–H and O–H groups in total. The summed E-state index contributed by atoms with van der Waals surface area (Å²) in [6.07, 6.45) is 3.54. The van der Waals surface area contributed by atoms with Crippen molar-refractivity contribution in [3.05, 3.63) is 48.5 Å². The van der Waals surface area contributed by atoms with Crippen molar-refractivity contribution in [2.24, 2.45) is 10.2 Å². The van der Waals surface area contributed by atoms with Gasteiger partial charge in [-0.2, -0.15) is 5.11 Å². The number of carbonyl (C=O) groups excluding carboxylic acids is 1. The molecule has 17 heteroatoms. The summed E-state index contributed by atoms with van der Waals surface area (Å²) >= 11 is 0. The number of rotatable bonds is 10. The molecule has 1 aliphatic heterocycles. The van der Waals surface area contributed by atoms with Crippen LogP contribution in [0.3, 0.4) is 0 Å². The standard InChI is InChI=1S/C24H25N3O8S4.2K/c28-21(9-5-4-8-17-10-11-36-37-17)25-19-14-18(38(30,31)32)12-15-13-20(39(33,34)35)23(24(29)22(15)19)27-26-16-6-2-1-3-7-16;;/h1-3,6-7,12-14,17,29H,4-5,8-11H2,(H,25,28)(H,30,31,32)(H,33,34,35);;/q;2*+1/p-2. The van der Waals surface area contributed by atoms with Crippen molar-refractivity contribution in [2.75, 3.05) is 11.1 Å². The van der Waals surface area contributed by atoms with Gasteiger partial charge in [0.15, 0.2) is 5.75 Å². The van der Waals surface area contributed by atoms with Crippen LogP contribution in [0.5, 0.6) is 5.75 Å². The monoisotopic (exact) mass is 687 g/mol. The van der Waals surface area contributed by atoms with Gasteiger partial charge in [0.05, 0.1) is 21.2 Å². The first-order chi connectivity index (χ1) is 18.4. The van der Waals surface area contributed by atoms with Crippen LogP contribution in [0.15, 0.2) is 68.6 Å². The molecule has 0 spiro atoms. The average Bonchev–Trinajstić information content (AvgIpc) is 3.39. The molecule has 0 saturated carbocycles. The molecule has 11 nitrogen and oxygen atoms in total. The maximum absolute atomic E-state index is 12.7. The maximum Gasteiger partial charge on any atom is 1.00 e. The number of hydrogen-bond donors (Lipinski definition) is 2. The van der Waals surface area contributed by atoms with Crippen LogP contribution in [0.2, 0.25) is 0 Å². The van der Waals surface area contributed by atoms with Crippen LogP contribution in [-0.4, -0.2) is 48.0 Å². The molecule has 208 valence electrons. The van der Waals surface area contributed by atoms with Gasteiger partial charge in [-0.05, 0) is 55.0 Å². The first-order valence-electron chi connectivity index (χ1n) is 11.7. The van der Waals surface area contributed by atoms with Crippen LogP contribution in [0, 0.1) is 0 Å². The molecule has 1 unspecified atom stereocenters. The Morgan fingerprint density at radius 3 is 2.32 bits per heavy atom. The molecule has 0 bridgehead atoms. The van der Waals surface area contributed by atoms with E-state index in [2.05, 4.69) is 15.5 Å². The molecule has 1 aliphatic rings. The van der Waals surface area contributed by atoms with Crippen molar-refractivity contribution in [1.29, 1.82) is 0 Å². The van der Waals surface area contributed by atoms with E-state index < -0.39 is 47.4 Å². The predicted molar refractivity (Wildman–Crippen MR) is 148 cm³/mol. The zero-order valence-corrected chi connectivity index (χ0v) is 31.8. The number of anilines is 1. The van der Waals surface area contributed by atoms with E-state index in [1.165, 1.54) is 0 Å². The number of fused-ring (bicyclic) bond motifs is 1. The third-order valence-corrected chi connectivity index (χ3v) is 10.6. The van der Waals surface area contributed by atoms with Crippen LogP contribution in [-0.2, 0) is 25.0 Å². The van der Waals surface area contributed by atoms with E-state index in [0.717, 1.165) is 43.2 Å². The number of phenolic OH excluding ortho intramolecular Hbond substituents is 1. The largest absolute Gasteiger partial charge is 1.00 e. The average molecular weight is 688 g/mol. The number of aromatic hydroxyl groups is 1. The molecule has 1 saturated heterocycles. The first kappa shape index (κ1) is 37.8. The van der Waals surface area contributed by atoms with E-state index in [1.54, 1.807) is 30.3 Å². The van der Waals surface area contributed by atoms with Crippen molar-refractivity contribution >= 4 is 75.6 Å². The van der Waals surface area contributed by atoms with E-state index >= 15 is 0 Å². The molecule has 4 rings (SSSR count).